The number of fused-ring (bicyclic) bond motifs is 1. The molecule has 6 heteroatoms. The van der Waals surface area contributed by atoms with Gasteiger partial charge >= 0.3 is 0 Å². The lowest BCUT2D eigenvalue weighted by Crippen LogP contribution is -2.37. The fourth-order valence-corrected chi connectivity index (χ4v) is 2.91. The number of rotatable bonds is 5. The summed E-state index contributed by atoms with van der Waals surface area (Å²) in [5.41, 5.74) is 4.30. The first kappa shape index (κ1) is 17.3. The topological polar surface area (TPSA) is 53.7 Å². The molecular weight excluding hydrogens is 334 g/mol. The highest BCUT2D eigenvalue weighted by molar-refractivity contribution is 6.30. The summed E-state index contributed by atoms with van der Waals surface area (Å²) in [6.45, 7) is 3.48. The van der Waals surface area contributed by atoms with E-state index in [9.17, 15) is 0 Å². The average Bonchev–Trinajstić information content (AvgIpc) is 3.02. The number of aliphatic imine (C=N–C) groups is 1. The summed E-state index contributed by atoms with van der Waals surface area (Å²) in [7, 11) is 1.77. The van der Waals surface area contributed by atoms with E-state index in [4.69, 9.17) is 11.6 Å². The van der Waals surface area contributed by atoms with Crippen molar-refractivity contribution in [2.45, 2.75) is 19.9 Å². The maximum Gasteiger partial charge on any atom is 0.191 e. The Bertz CT molecular complexity index is 884. The summed E-state index contributed by atoms with van der Waals surface area (Å²) in [5, 5.41) is 7.38. The van der Waals surface area contributed by atoms with Crippen LogP contribution in [0.15, 0.2) is 53.7 Å². The lowest BCUT2D eigenvalue weighted by Gasteiger charge is -2.11. The summed E-state index contributed by atoms with van der Waals surface area (Å²) < 4.78 is 2.09. The number of pyridine rings is 1. The van der Waals surface area contributed by atoms with Crippen molar-refractivity contribution in [3.63, 3.8) is 0 Å². The van der Waals surface area contributed by atoms with Crippen LogP contribution in [0.5, 0.6) is 0 Å². The summed E-state index contributed by atoms with van der Waals surface area (Å²) in [6.07, 6.45) is 2.94. The van der Waals surface area contributed by atoms with Crippen LogP contribution in [0.1, 0.15) is 17.0 Å². The first-order chi connectivity index (χ1) is 12.2. The Morgan fingerprint density at radius 1 is 1.20 bits per heavy atom. The normalized spacial score (nSPS) is 11.7. The smallest absolute Gasteiger partial charge is 0.191 e. The van der Waals surface area contributed by atoms with Gasteiger partial charge in [-0.05, 0) is 43.2 Å². The van der Waals surface area contributed by atoms with Crippen LogP contribution < -0.4 is 10.6 Å². The Labute approximate surface area is 152 Å². The van der Waals surface area contributed by atoms with Gasteiger partial charge in [-0.25, -0.2) is 4.98 Å². The molecule has 0 amide bonds. The predicted octanol–water partition coefficient (Wildman–Crippen LogP) is 3.20. The number of aromatic nitrogens is 2. The lowest BCUT2D eigenvalue weighted by molar-refractivity contribution is 0.786. The van der Waals surface area contributed by atoms with E-state index < -0.39 is 0 Å². The van der Waals surface area contributed by atoms with E-state index >= 15 is 0 Å². The number of hydrogen-bond acceptors (Lipinski definition) is 2. The Hall–Kier alpha value is -2.53. The minimum absolute atomic E-state index is 0.623. The van der Waals surface area contributed by atoms with Crippen LogP contribution >= 0.6 is 11.6 Å². The molecule has 0 saturated carbocycles. The standard InChI is InChI=1S/C19H22ClN5/c1-14-5-3-8-18-24-17(13-25(14)18)12-23-19(21-2)22-10-9-15-6-4-7-16(20)11-15/h3-8,11,13H,9-10,12H2,1-2H3,(H2,21,22,23). The summed E-state index contributed by atoms with van der Waals surface area (Å²) >= 11 is 6.01. The minimum Gasteiger partial charge on any atom is -0.356 e. The van der Waals surface area contributed by atoms with Crippen LogP contribution in [0.2, 0.25) is 5.02 Å². The van der Waals surface area contributed by atoms with Crippen LogP contribution in [-0.4, -0.2) is 28.9 Å². The maximum atomic E-state index is 6.01. The van der Waals surface area contributed by atoms with E-state index in [1.807, 2.05) is 30.3 Å². The zero-order chi connectivity index (χ0) is 17.6. The van der Waals surface area contributed by atoms with Gasteiger partial charge in [0.05, 0.1) is 12.2 Å². The molecule has 5 nitrogen and oxygen atoms in total. The van der Waals surface area contributed by atoms with Gasteiger partial charge in [0.2, 0.25) is 0 Å². The van der Waals surface area contributed by atoms with Crippen molar-refractivity contribution in [1.29, 1.82) is 0 Å². The summed E-state index contributed by atoms with van der Waals surface area (Å²) in [6, 6.07) is 14.0. The van der Waals surface area contributed by atoms with E-state index in [-0.39, 0.29) is 0 Å². The SMILES string of the molecule is CN=C(NCCc1cccc(Cl)c1)NCc1cn2c(C)cccc2n1. The van der Waals surface area contributed by atoms with E-state index in [1.54, 1.807) is 7.05 Å². The van der Waals surface area contributed by atoms with E-state index in [1.165, 1.54) is 11.3 Å². The average molecular weight is 356 g/mol. The van der Waals surface area contributed by atoms with Gasteiger partial charge in [-0.2, -0.15) is 0 Å². The van der Waals surface area contributed by atoms with Crippen LogP contribution in [0.3, 0.4) is 0 Å². The zero-order valence-corrected chi connectivity index (χ0v) is 15.2. The molecule has 3 aromatic rings. The van der Waals surface area contributed by atoms with Gasteiger partial charge in [0.15, 0.2) is 5.96 Å². The molecule has 2 heterocycles. The third-order valence-corrected chi connectivity index (χ3v) is 4.24. The van der Waals surface area contributed by atoms with Crippen LogP contribution in [0, 0.1) is 6.92 Å². The van der Waals surface area contributed by atoms with Crippen molar-refractivity contribution in [2.24, 2.45) is 4.99 Å². The van der Waals surface area contributed by atoms with E-state index in [0.717, 1.165) is 35.3 Å². The number of imidazole rings is 1. The second-order valence-electron chi connectivity index (χ2n) is 5.86. The Kier molecular flexibility index (Phi) is 5.56. The molecule has 0 fully saturated rings. The third kappa shape index (κ3) is 4.51. The van der Waals surface area contributed by atoms with Gasteiger partial charge in [0.1, 0.15) is 5.65 Å². The van der Waals surface area contributed by atoms with Gasteiger partial charge in [0.25, 0.3) is 0 Å². The second-order valence-corrected chi connectivity index (χ2v) is 6.30. The summed E-state index contributed by atoms with van der Waals surface area (Å²) in [5.74, 6) is 0.760. The lowest BCUT2D eigenvalue weighted by atomic mass is 10.1. The number of guanidine groups is 1. The number of aryl methyl sites for hydroxylation is 1. The monoisotopic (exact) mass is 355 g/mol. The Morgan fingerprint density at radius 3 is 2.80 bits per heavy atom. The predicted molar refractivity (Wildman–Crippen MR) is 103 cm³/mol. The van der Waals surface area contributed by atoms with Gasteiger partial charge in [-0.3, -0.25) is 4.99 Å². The van der Waals surface area contributed by atoms with Gasteiger partial charge < -0.3 is 15.0 Å². The third-order valence-electron chi connectivity index (χ3n) is 4.00. The van der Waals surface area contributed by atoms with E-state index in [0.29, 0.717) is 6.54 Å². The highest BCUT2D eigenvalue weighted by Gasteiger charge is 2.04. The molecule has 2 aromatic heterocycles. The van der Waals surface area contributed by atoms with Crippen LogP contribution in [0.25, 0.3) is 5.65 Å². The van der Waals surface area contributed by atoms with Crippen LogP contribution in [0.4, 0.5) is 0 Å². The minimum atomic E-state index is 0.623. The second kappa shape index (κ2) is 8.03. The molecule has 0 aliphatic carbocycles. The van der Waals surface area contributed by atoms with Crippen LogP contribution in [-0.2, 0) is 13.0 Å². The molecule has 1 aromatic carbocycles. The molecule has 0 atom stereocenters. The maximum absolute atomic E-state index is 6.01. The van der Waals surface area contributed by atoms with Gasteiger partial charge in [-0.1, -0.05) is 29.8 Å². The molecule has 0 aliphatic rings. The number of hydrogen-bond donors (Lipinski definition) is 2. The molecular formula is C19H22ClN5. The van der Waals surface area contributed by atoms with Crippen molar-refractivity contribution < 1.29 is 0 Å². The number of nitrogens with one attached hydrogen (secondary N) is 2. The molecule has 2 N–H and O–H groups in total. The first-order valence-corrected chi connectivity index (χ1v) is 8.66. The van der Waals surface area contributed by atoms with E-state index in [2.05, 4.69) is 50.3 Å². The molecule has 0 spiro atoms. The molecule has 0 aliphatic heterocycles. The Morgan fingerprint density at radius 2 is 2.04 bits per heavy atom. The largest absolute Gasteiger partial charge is 0.356 e. The first-order valence-electron chi connectivity index (χ1n) is 8.28. The molecule has 25 heavy (non-hydrogen) atoms. The molecule has 130 valence electrons. The highest BCUT2D eigenvalue weighted by atomic mass is 35.5. The van der Waals surface area contributed by atoms with Crippen molar-refractivity contribution in [2.75, 3.05) is 13.6 Å². The molecule has 3 rings (SSSR count). The number of halogens is 1. The van der Waals surface area contributed by atoms with Crippen molar-refractivity contribution in [3.8, 4) is 0 Å². The number of nitrogens with zero attached hydrogens (tertiary/aromatic N) is 3. The molecule has 0 radical (unpaired) electrons. The summed E-state index contributed by atoms with van der Waals surface area (Å²) in [4.78, 5) is 8.88. The van der Waals surface area contributed by atoms with Gasteiger partial charge in [-0.15, -0.1) is 0 Å². The molecule has 0 bridgehead atoms. The fraction of sp³-hybridized carbons (Fsp3) is 0.263. The highest BCUT2D eigenvalue weighted by Crippen LogP contribution is 2.11. The fourth-order valence-electron chi connectivity index (χ4n) is 2.70. The van der Waals surface area contributed by atoms with Gasteiger partial charge in [0, 0.05) is 30.5 Å². The zero-order valence-electron chi connectivity index (χ0n) is 14.5. The molecule has 0 saturated heterocycles. The molecule has 0 unspecified atom stereocenters. The quantitative estimate of drug-likeness (QED) is 0.546. The Balaban J connectivity index is 1.52. The number of benzene rings is 1. The van der Waals surface area contributed by atoms with Crippen molar-refractivity contribution in [1.82, 2.24) is 20.0 Å². The van der Waals surface area contributed by atoms with Crippen molar-refractivity contribution >= 4 is 23.2 Å². The van der Waals surface area contributed by atoms with Crippen molar-refractivity contribution in [3.05, 3.63) is 70.6 Å².